The van der Waals surface area contributed by atoms with Crippen molar-refractivity contribution in [2.24, 2.45) is 0 Å². The van der Waals surface area contributed by atoms with Gasteiger partial charge < -0.3 is 0 Å². The number of aromatic nitrogens is 2. The lowest BCUT2D eigenvalue weighted by Gasteiger charge is -2.21. The van der Waals surface area contributed by atoms with E-state index in [0.29, 0.717) is 0 Å². The van der Waals surface area contributed by atoms with Crippen molar-refractivity contribution in [3.05, 3.63) is 170 Å². The van der Waals surface area contributed by atoms with Gasteiger partial charge in [0.25, 0.3) is 0 Å². The van der Waals surface area contributed by atoms with Crippen LogP contribution in [0.15, 0.2) is 170 Å². The summed E-state index contributed by atoms with van der Waals surface area (Å²) in [6.07, 6.45) is 1.84. The molecule has 1 aliphatic carbocycles. The van der Waals surface area contributed by atoms with Gasteiger partial charge in [-0.3, -0.25) is 4.98 Å². The number of rotatable bonds is 4. The molecule has 0 N–H and O–H groups in total. The van der Waals surface area contributed by atoms with Gasteiger partial charge in [-0.2, -0.15) is 0 Å². The second kappa shape index (κ2) is 10.6. The first kappa shape index (κ1) is 26.8. The molecule has 0 fully saturated rings. The Balaban J connectivity index is 1.22. The number of benzene rings is 7. The minimum absolute atomic E-state index is 0.931. The van der Waals surface area contributed by atoms with Crippen LogP contribution in [0.2, 0.25) is 0 Å². The molecule has 0 aliphatic heterocycles. The van der Waals surface area contributed by atoms with E-state index in [1.165, 1.54) is 66.4 Å². The number of hydrogen-bond donors (Lipinski definition) is 0. The van der Waals surface area contributed by atoms with Gasteiger partial charge in [-0.25, -0.2) is 4.98 Å². The SMILES string of the molecule is c1ccc(-c2cc(-c3ccc(-c4ccc5ccc6cccnc6c5n4)cc3)c(-c3ccccc3)c3c2-c2cccc4cccc-3c24)cc1. The molecule has 1 aliphatic rings. The molecule has 222 valence electrons. The molecule has 7 aromatic carbocycles. The summed E-state index contributed by atoms with van der Waals surface area (Å²) in [6.45, 7) is 0. The van der Waals surface area contributed by atoms with Crippen LogP contribution < -0.4 is 0 Å². The van der Waals surface area contributed by atoms with Crippen LogP contribution in [-0.4, -0.2) is 9.97 Å². The lowest BCUT2D eigenvalue weighted by Crippen LogP contribution is -1.94. The van der Waals surface area contributed by atoms with E-state index in [1.807, 2.05) is 12.3 Å². The van der Waals surface area contributed by atoms with E-state index >= 15 is 0 Å². The topological polar surface area (TPSA) is 25.8 Å². The summed E-state index contributed by atoms with van der Waals surface area (Å²) in [6, 6.07) is 59.1. The molecule has 0 unspecified atom stereocenters. The van der Waals surface area contributed by atoms with Gasteiger partial charge in [0.05, 0.1) is 16.7 Å². The maximum Gasteiger partial charge on any atom is 0.0972 e. The van der Waals surface area contributed by atoms with Crippen molar-refractivity contribution in [3.8, 4) is 66.9 Å². The Morgan fingerprint density at radius 1 is 0.333 bits per heavy atom. The van der Waals surface area contributed by atoms with Crippen LogP contribution in [-0.2, 0) is 0 Å². The molecule has 0 atom stereocenters. The van der Waals surface area contributed by atoms with E-state index in [0.717, 1.165) is 33.1 Å². The Labute approximate surface area is 278 Å². The summed E-state index contributed by atoms with van der Waals surface area (Å²) >= 11 is 0. The fraction of sp³-hybridized carbons (Fsp3) is 0. The predicted octanol–water partition coefficient (Wildman–Crippen LogP) is 12.3. The molecule has 2 aromatic heterocycles. The van der Waals surface area contributed by atoms with Crippen molar-refractivity contribution < 1.29 is 0 Å². The normalized spacial score (nSPS) is 11.8. The second-order valence-electron chi connectivity index (χ2n) is 12.5. The maximum absolute atomic E-state index is 5.12. The number of nitrogens with zero attached hydrogens (tertiary/aromatic N) is 2. The largest absolute Gasteiger partial charge is 0.254 e. The molecule has 0 saturated carbocycles. The number of hydrogen-bond acceptors (Lipinski definition) is 2. The van der Waals surface area contributed by atoms with Crippen molar-refractivity contribution in [2.75, 3.05) is 0 Å². The molecule has 10 rings (SSSR count). The smallest absolute Gasteiger partial charge is 0.0972 e. The molecule has 48 heavy (non-hydrogen) atoms. The molecule has 2 heterocycles. The Morgan fingerprint density at radius 3 is 1.67 bits per heavy atom. The van der Waals surface area contributed by atoms with Crippen LogP contribution in [0.25, 0.3) is 99.5 Å². The van der Waals surface area contributed by atoms with E-state index in [1.54, 1.807) is 0 Å². The first-order valence-electron chi connectivity index (χ1n) is 16.4. The lowest BCUT2D eigenvalue weighted by atomic mass is 9.82. The highest BCUT2D eigenvalue weighted by atomic mass is 14.7. The highest BCUT2D eigenvalue weighted by molar-refractivity contribution is 6.22. The van der Waals surface area contributed by atoms with Crippen molar-refractivity contribution in [1.29, 1.82) is 0 Å². The van der Waals surface area contributed by atoms with Gasteiger partial charge in [0.15, 0.2) is 0 Å². The minimum Gasteiger partial charge on any atom is -0.254 e. The average Bonchev–Trinajstić information content (AvgIpc) is 3.50. The third-order valence-corrected chi connectivity index (χ3v) is 9.84. The predicted molar refractivity (Wildman–Crippen MR) is 201 cm³/mol. The van der Waals surface area contributed by atoms with Crippen molar-refractivity contribution in [3.63, 3.8) is 0 Å². The zero-order valence-electron chi connectivity index (χ0n) is 26.1. The summed E-state index contributed by atoms with van der Waals surface area (Å²) in [4.78, 5) is 9.79. The Bertz CT molecular complexity index is 2690. The summed E-state index contributed by atoms with van der Waals surface area (Å²) in [5.41, 5.74) is 16.5. The van der Waals surface area contributed by atoms with E-state index in [9.17, 15) is 0 Å². The van der Waals surface area contributed by atoms with E-state index in [4.69, 9.17) is 4.98 Å². The van der Waals surface area contributed by atoms with Crippen LogP contribution in [0.5, 0.6) is 0 Å². The lowest BCUT2D eigenvalue weighted by molar-refractivity contribution is 1.37. The van der Waals surface area contributed by atoms with Gasteiger partial charge in [0.2, 0.25) is 0 Å². The molecule has 9 aromatic rings. The highest BCUT2D eigenvalue weighted by Gasteiger charge is 2.30. The highest BCUT2D eigenvalue weighted by Crippen LogP contribution is 2.57. The van der Waals surface area contributed by atoms with Crippen LogP contribution >= 0.6 is 0 Å². The van der Waals surface area contributed by atoms with Gasteiger partial charge in [0, 0.05) is 22.5 Å². The fourth-order valence-corrected chi connectivity index (χ4v) is 7.67. The molecule has 0 radical (unpaired) electrons. The van der Waals surface area contributed by atoms with Crippen molar-refractivity contribution >= 4 is 32.6 Å². The standard InChI is InChI=1S/C46H28N2/c1-3-10-29(11-4-1)39-28-38(30-19-21-31(22-20-30)40-26-25-35-24-23-34-16-9-27-47-45(34)46(35)48-40)42(33-12-5-2-6-13-33)44-37-18-8-15-32-14-7-17-36(41(32)37)43(39)44/h1-28H. The first-order chi connectivity index (χ1) is 23.8. The van der Waals surface area contributed by atoms with Gasteiger partial charge in [-0.05, 0) is 84.6 Å². The summed E-state index contributed by atoms with van der Waals surface area (Å²) in [5, 5.41) is 4.80. The molecule has 2 nitrogen and oxygen atoms in total. The van der Waals surface area contributed by atoms with Gasteiger partial charge >= 0.3 is 0 Å². The average molecular weight is 609 g/mol. The zero-order chi connectivity index (χ0) is 31.6. The molecule has 0 bridgehead atoms. The first-order valence-corrected chi connectivity index (χ1v) is 16.4. The zero-order valence-corrected chi connectivity index (χ0v) is 26.1. The van der Waals surface area contributed by atoms with E-state index in [2.05, 4.69) is 163 Å². The van der Waals surface area contributed by atoms with Crippen LogP contribution in [0.3, 0.4) is 0 Å². The third kappa shape index (κ3) is 4.06. The summed E-state index contributed by atoms with van der Waals surface area (Å²) < 4.78 is 0. The molecule has 2 heteroatoms. The molecule has 0 amide bonds. The van der Waals surface area contributed by atoms with Crippen LogP contribution in [0.1, 0.15) is 0 Å². The van der Waals surface area contributed by atoms with Gasteiger partial charge in [-0.15, -0.1) is 0 Å². The molecular formula is C46H28N2. The third-order valence-electron chi connectivity index (χ3n) is 9.84. The monoisotopic (exact) mass is 608 g/mol. The van der Waals surface area contributed by atoms with Gasteiger partial charge in [-0.1, -0.05) is 146 Å². The van der Waals surface area contributed by atoms with Crippen molar-refractivity contribution in [2.45, 2.75) is 0 Å². The second-order valence-corrected chi connectivity index (χ2v) is 12.5. The molecule has 0 spiro atoms. The van der Waals surface area contributed by atoms with E-state index in [-0.39, 0.29) is 0 Å². The Morgan fingerprint density at radius 2 is 0.917 bits per heavy atom. The quantitative estimate of drug-likeness (QED) is 0.186. The maximum atomic E-state index is 5.12. The fourth-order valence-electron chi connectivity index (χ4n) is 7.67. The molecular weight excluding hydrogens is 581 g/mol. The van der Waals surface area contributed by atoms with Crippen LogP contribution in [0, 0.1) is 0 Å². The number of fused-ring (bicyclic) bond motifs is 6. The Kier molecular flexibility index (Phi) is 5.91. The molecule has 0 saturated heterocycles. The van der Waals surface area contributed by atoms with Crippen molar-refractivity contribution in [1.82, 2.24) is 9.97 Å². The Hall–Kier alpha value is -6.38. The van der Waals surface area contributed by atoms with Gasteiger partial charge in [0.1, 0.15) is 0 Å². The summed E-state index contributed by atoms with van der Waals surface area (Å²) in [5.74, 6) is 0. The minimum atomic E-state index is 0.931. The number of pyridine rings is 2. The summed E-state index contributed by atoms with van der Waals surface area (Å²) in [7, 11) is 0. The van der Waals surface area contributed by atoms with Crippen LogP contribution in [0.4, 0.5) is 0 Å². The van der Waals surface area contributed by atoms with E-state index < -0.39 is 0 Å².